The first-order valence-corrected chi connectivity index (χ1v) is 15.9. The number of thiazole rings is 1. The summed E-state index contributed by atoms with van der Waals surface area (Å²) < 4.78 is 20.3. The molecule has 0 spiro atoms. The van der Waals surface area contributed by atoms with Gasteiger partial charge in [-0.2, -0.15) is 0 Å². The molecule has 3 aromatic rings. The zero-order chi connectivity index (χ0) is 31.7. The summed E-state index contributed by atoms with van der Waals surface area (Å²) in [4.78, 5) is 51.4. The Kier molecular flexibility index (Phi) is 8.77. The second-order valence-corrected chi connectivity index (χ2v) is 12.4. The molecule has 0 saturated carbocycles. The van der Waals surface area contributed by atoms with E-state index in [1.54, 1.807) is 49.2 Å². The maximum atomic E-state index is 14.8. The van der Waals surface area contributed by atoms with Gasteiger partial charge in [0.1, 0.15) is 11.9 Å². The topological polar surface area (TPSA) is 124 Å². The SMILES string of the molecule is CCOC(=O)C1=C(CN2CC[C@@H]3C(=O)N(c4ccc(CC(=O)O)cc4)C[C@@H]3C2)NC(c2nccs2)=NC1c1cccc(F)c1C. The van der Waals surface area contributed by atoms with Crippen LogP contribution in [0, 0.1) is 24.6 Å². The Morgan fingerprint density at radius 1 is 1.18 bits per heavy atom. The quantitative estimate of drug-likeness (QED) is 0.338. The number of aliphatic carboxylic acids is 1. The van der Waals surface area contributed by atoms with Crippen LogP contribution in [0.25, 0.3) is 0 Å². The lowest BCUT2D eigenvalue weighted by Gasteiger charge is -2.36. The number of carboxylic acid groups (broad SMARTS) is 1. The molecule has 3 atom stereocenters. The van der Waals surface area contributed by atoms with E-state index < -0.39 is 18.0 Å². The normalized spacial score (nSPS) is 21.8. The number of hydrogen-bond acceptors (Lipinski definition) is 9. The Bertz CT molecular complexity index is 1670. The van der Waals surface area contributed by atoms with Gasteiger partial charge in [0.25, 0.3) is 0 Å². The largest absolute Gasteiger partial charge is 0.481 e. The number of fused-ring (bicyclic) bond motifs is 1. The van der Waals surface area contributed by atoms with Gasteiger partial charge < -0.3 is 20.1 Å². The molecular formula is C33H34FN5O5S. The predicted octanol–water partition coefficient (Wildman–Crippen LogP) is 4.11. The summed E-state index contributed by atoms with van der Waals surface area (Å²) in [6.07, 6.45) is 2.28. The summed E-state index contributed by atoms with van der Waals surface area (Å²) in [5, 5.41) is 14.9. The standard InChI is InChI=1S/C33H34FN5O5S/c1-3-44-33(43)28-26(36-30(31-35-12-14-45-31)37-29(28)23-5-4-6-25(34)19(23)2)18-38-13-11-24-21(16-38)17-39(32(24)42)22-9-7-20(8-10-22)15-27(40)41/h4-10,12,14,21,24,29H,3,11,13,15-18H2,1-2H3,(H,36,37)(H,40,41)/t21-,24-,29?/m0/s1. The molecule has 1 amide bonds. The molecule has 10 nitrogen and oxygen atoms in total. The van der Waals surface area contributed by atoms with Gasteiger partial charge in [0, 0.05) is 54.4 Å². The Hall–Kier alpha value is -4.42. The van der Waals surface area contributed by atoms with Crippen LogP contribution in [-0.2, 0) is 25.5 Å². The van der Waals surface area contributed by atoms with Gasteiger partial charge in [0.05, 0.1) is 18.6 Å². The number of ether oxygens (including phenoxy) is 1. The van der Waals surface area contributed by atoms with Gasteiger partial charge in [0.2, 0.25) is 5.91 Å². The van der Waals surface area contributed by atoms with E-state index in [9.17, 15) is 18.8 Å². The van der Waals surface area contributed by atoms with Crippen LogP contribution < -0.4 is 10.2 Å². The fourth-order valence-electron chi connectivity index (χ4n) is 6.47. The average Bonchev–Trinajstić information content (AvgIpc) is 3.67. The molecule has 0 radical (unpaired) electrons. The molecule has 2 N–H and O–H groups in total. The molecule has 6 rings (SSSR count). The van der Waals surface area contributed by atoms with E-state index in [0.717, 1.165) is 5.69 Å². The van der Waals surface area contributed by atoms with Gasteiger partial charge in [-0.25, -0.2) is 14.2 Å². The summed E-state index contributed by atoms with van der Waals surface area (Å²) in [6.45, 7) is 5.81. The molecule has 1 aromatic heterocycles. The number of nitrogens with zero attached hydrogens (tertiary/aromatic N) is 4. The van der Waals surface area contributed by atoms with E-state index in [1.807, 2.05) is 17.5 Å². The van der Waals surface area contributed by atoms with E-state index in [1.165, 1.54) is 17.4 Å². The van der Waals surface area contributed by atoms with Crippen molar-refractivity contribution in [1.82, 2.24) is 15.2 Å². The Morgan fingerprint density at radius 3 is 2.69 bits per heavy atom. The number of likely N-dealkylation sites (tertiary alicyclic amines) is 1. The number of aliphatic imine (C=N–C) groups is 1. The van der Waals surface area contributed by atoms with E-state index in [0.29, 0.717) is 71.4 Å². The number of halogens is 1. The van der Waals surface area contributed by atoms with Crippen LogP contribution in [0.2, 0.25) is 0 Å². The number of rotatable bonds is 9. The van der Waals surface area contributed by atoms with Crippen molar-refractivity contribution in [2.24, 2.45) is 16.8 Å². The highest BCUT2D eigenvalue weighted by molar-refractivity contribution is 7.11. The fourth-order valence-corrected chi connectivity index (χ4v) is 7.06. The van der Waals surface area contributed by atoms with Gasteiger partial charge in [-0.1, -0.05) is 24.3 Å². The van der Waals surface area contributed by atoms with Crippen LogP contribution in [0.1, 0.15) is 41.1 Å². The van der Waals surface area contributed by atoms with Crippen molar-refractivity contribution >= 4 is 40.7 Å². The van der Waals surface area contributed by atoms with Crippen molar-refractivity contribution in [2.45, 2.75) is 32.7 Å². The minimum absolute atomic E-state index is 0.0687. The number of piperidine rings is 1. The van der Waals surface area contributed by atoms with Gasteiger partial charge in [-0.05, 0) is 61.7 Å². The average molecular weight is 632 g/mol. The molecule has 2 saturated heterocycles. The summed E-state index contributed by atoms with van der Waals surface area (Å²) in [7, 11) is 0. The lowest BCUT2D eigenvalue weighted by molar-refractivity contribution is -0.139. The number of amidine groups is 1. The Labute approximate surface area is 264 Å². The van der Waals surface area contributed by atoms with Crippen LogP contribution >= 0.6 is 11.3 Å². The third-order valence-electron chi connectivity index (χ3n) is 8.66. The number of anilines is 1. The summed E-state index contributed by atoms with van der Waals surface area (Å²) in [5.74, 6) is -1.25. The first-order chi connectivity index (χ1) is 21.7. The van der Waals surface area contributed by atoms with Crippen LogP contribution in [-0.4, -0.2) is 71.5 Å². The van der Waals surface area contributed by atoms with Crippen molar-refractivity contribution in [3.8, 4) is 0 Å². The highest BCUT2D eigenvalue weighted by atomic mass is 32.1. The van der Waals surface area contributed by atoms with Gasteiger partial charge in [0.15, 0.2) is 10.8 Å². The lowest BCUT2D eigenvalue weighted by Crippen LogP contribution is -2.45. The molecule has 234 valence electrons. The van der Waals surface area contributed by atoms with Crippen LogP contribution in [0.3, 0.4) is 0 Å². The van der Waals surface area contributed by atoms with Crippen LogP contribution in [0.5, 0.6) is 0 Å². The number of esters is 1. The number of amides is 1. The minimum atomic E-state index is -0.901. The van der Waals surface area contributed by atoms with E-state index in [2.05, 4.69) is 15.2 Å². The molecule has 45 heavy (non-hydrogen) atoms. The molecule has 2 fully saturated rings. The van der Waals surface area contributed by atoms with Crippen LogP contribution in [0.4, 0.5) is 10.1 Å². The first-order valence-electron chi connectivity index (χ1n) is 15.0. The molecule has 0 aliphatic carbocycles. The van der Waals surface area contributed by atoms with E-state index in [-0.39, 0.29) is 36.6 Å². The first kappa shape index (κ1) is 30.6. The van der Waals surface area contributed by atoms with Crippen molar-refractivity contribution in [2.75, 3.05) is 37.7 Å². The Balaban J connectivity index is 1.28. The minimum Gasteiger partial charge on any atom is -0.481 e. The number of hydrogen-bond donors (Lipinski definition) is 2. The second-order valence-electron chi connectivity index (χ2n) is 11.5. The van der Waals surface area contributed by atoms with Crippen molar-refractivity contribution in [1.29, 1.82) is 0 Å². The molecule has 12 heteroatoms. The molecule has 3 aliphatic heterocycles. The maximum absolute atomic E-state index is 14.8. The number of carbonyl (C=O) groups excluding carboxylic acids is 2. The maximum Gasteiger partial charge on any atom is 0.338 e. The highest BCUT2D eigenvalue weighted by Gasteiger charge is 2.44. The zero-order valence-corrected chi connectivity index (χ0v) is 25.8. The van der Waals surface area contributed by atoms with Gasteiger partial charge in [-0.15, -0.1) is 11.3 Å². The molecule has 3 aliphatic rings. The number of carboxylic acids is 1. The summed E-state index contributed by atoms with van der Waals surface area (Å²) >= 11 is 1.41. The smallest absolute Gasteiger partial charge is 0.338 e. The lowest BCUT2D eigenvalue weighted by atomic mass is 9.87. The fraction of sp³-hybridized carbons (Fsp3) is 0.364. The number of aromatic nitrogens is 1. The summed E-state index contributed by atoms with van der Waals surface area (Å²) in [5.41, 5.74) is 3.38. The van der Waals surface area contributed by atoms with Crippen molar-refractivity contribution in [3.63, 3.8) is 0 Å². The molecule has 0 bridgehead atoms. The van der Waals surface area contributed by atoms with E-state index >= 15 is 0 Å². The van der Waals surface area contributed by atoms with Crippen molar-refractivity contribution in [3.05, 3.63) is 92.8 Å². The summed E-state index contributed by atoms with van der Waals surface area (Å²) in [6, 6.07) is 11.1. The number of benzene rings is 2. The van der Waals surface area contributed by atoms with Gasteiger partial charge >= 0.3 is 11.9 Å². The number of carbonyl (C=O) groups is 3. The molecular weight excluding hydrogens is 597 g/mol. The predicted molar refractivity (Wildman–Crippen MR) is 167 cm³/mol. The second kappa shape index (κ2) is 12.9. The third kappa shape index (κ3) is 6.25. The van der Waals surface area contributed by atoms with Crippen LogP contribution in [0.15, 0.2) is 70.3 Å². The molecule has 4 heterocycles. The molecule has 1 unspecified atom stereocenters. The highest BCUT2D eigenvalue weighted by Crippen LogP contribution is 2.38. The molecule has 2 aromatic carbocycles. The van der Waals surface area contributed by atoms with Crippen molar-refractivity contribution < 1.29 is 28.6 Å². The number of nitrogens with one attached hydrogen (secondary N) is 1. The third-order valence-corrected chi connectivity index (χ3v) is 9.44. The monoisotopic (exact) mass is 631 g/mol. The van der Waals surface area contributed by atoms with Gasteiger partial charge in [-0.3, -0.25) is 19.5 Å². The zero-order valence-electron chi connectivity index (χ0n) is 25.0. The Morgan fingerprint density at radius 2 is 1.98 bits per heavy atom. The van der Waals surface area contributed by atoms with E-state index in [4.69, 9.17) is 14.8 Å².